The molecule has 17 heavy (non-hydrogen) atoms. The summed E-state index contributed by atoms with van der Waals surface area (Å²) in [4.78, 5) is 2.49. The Balaban J connectivity index is 2.03. The Morgan fingerprint density at radius 2 is 1.94 bits per heavy atom. The largest absolute Gasteiger partial charge is 0.464 e. The van der Waals surface area contributed by atoms with Crippen molar-refractivity contribution in [2.75, 3.05) is 19.6 Å². The van der Waals surface area contributed by atoms with Gasteiger partial charge in [0.15, 0.2) is 0 Å². The van der Waals surface area contributed by atoms with Crippen LogP contribution in [0, 0.1) is 0 Å². The van der Waals surface area contributed by atoms with Crippen LogP contribution in [-0.2, 0) is 6.42 Å². The van der Waals surface area contributed by atoms with E-state index in [4.69, 9.17) is 4.42 Å². The molecule has 0 amide bonds. The third kappa shape index (κ3) is 2.89. The molecule has 0 aliphatic rings. The van der Waals surface area contributed by atoms with Crippen LogP contribution in [0.3, 0.4) is 0 Å². The Morgan fingerprint density at radius 1 is 1.12 bits per heavy atom. The van der Waals surface area contributed by atoms with Gasteiger partial charge in [0.05, 0.1) is 6.26 Å². The standard InChI is InChI=1S/C15H21NO/c1-3-10-16(4-2)11-9-13-12-17-15-8-6-5-7-14(13)15/h5-8,12H,3-4,9-11H2,1-2H3. The molecule has 0 fully saturated rings. The van der Waals surface area contributed by atoms with Crippen molar-refractivity contribution >= 4 is 11.0 Å². The molecule has 0 spiro atoms. The van der Waals surface area contributed by atoms with E-state index in [2.05, 4.69) is 30.9 Å². The fourth-order valence-corrected chi connectivity index (χ4v) is 2.25. The molecule has 2 nitrogen and oxygen atoms in total. The van der Waals surface area contributed by atoms with Gasteiger partial charge < -0.3 is 9.32 Å². The minimum atomic E-state index is 1.00. The Kier molecular flexibility index (Phi) is 4.21. The van der Waals surface area contributed by atoms with Crippen molar-refractivity contribution in [2.45, 2.75) is 26.7 Å². The lowest BCUT2D eigenvalue weighted by atomic mass is 10.1. The molecule has 0 unspecified atom stereocenters. The summed E-state index contributed by atoms with van der Waals surface area (Å²) in [6.45, 7) is 7.89. The summed E-state index contributed by atoms with van der Waals surface area (Å²) in [6.07, 6.45) is 4.20. The predicted octanol–water partition coefficient (Wildman–Crippen LogP) is 3.71. The van der Waals surface area contributed by atoms with Crippen molar-refractivity contribution in [3.05, 3.63) is 36.1 Å². The Labute approximate surface area is 103 Å². The molecule has 2 heteroatoms. The number of fused-ring (bicyclic) bond motifs is 1. The molecule has 2 rings (SSSR count). The maximum absolute atomic E-state index is 5.56. The maximum atomic E-state index is 5.56. The van der Waals surface area contributed by atoms with E-state index < -0.39 is 0 Å². The number of likely N-dealkylation sites (N-methyl/N-ethyl adjacent to an activating group) is 1. The first-order chi connectivity index (χ1) is 8.35. The van der Waals surface area contributed by atoms with E-state index in [1.165, 1.54) is 23.9 Å². The molecule has 1 aromatic carbocycles. The van der Waals surface area contributed by atoms with E-state index in [0.29, 0.717) is 0 Å². The van der Waals surface area contributed by atoms with Gasteiger partial charge in [-0.2, -0.15) is 0 Å². The highest BCUT2D eigenvalue weighted by atomic mass is 16.3. The van der Waals surface area contributed by atoms with E-state index in [1.807, 2.05) is 18.4 Å². The number of hydrogen-bond donors (Lipinski definition) is 0. The Morgan fingerprint density at radius 3 is 2.71 bits per heavy atom. The van der Waals surface area contributed by atoms with Crippen molar-refractivity contribution in [3.63, 3.8) is 0 Å². The molecule has 0 aliphatic carbocycles. The van der Waals surface area contributed by atoms with Gasteiger partial charge in [-0.3, -0.25) is 0 Å². The van der Waals surface area contributed by atoms with Crippen LogP contribution >= 0.6 is 0 Å². The molecule has 0 radical (unpaired) electrons. The van der Waals surface area contributed by atoms with Crippen molar-refractivity contribution in [3.8, 4) is 0 Å². The molecule has 92 valence electrons. The summed E-state index contributed by atoms with van der Waals surface area (Å²) in [7, 11) is 0. The fourth-order valence-electron chi connectivity index (χ4n) is 2.25. The number of hydrogen-bond acceptors (Lipinski definition) is 2. The van der Waals surface area contributed by atoms with Crippen LogP contribution in [0.25, 0.3) is 11.0 Å². The fraction of sp³-hybridized carbons (Fsp3) is 0.467. The number of benzene rings is 1. The van der Waals surface area contributed by atoms with Crippen molar-refractivity contribution < 1.29 is 4.42 Å². The molecule has 0 bridgehead atoms. The average molecular weight is 231 g/mol. The van der Waals surface area contributed by atoms with Crippen LogP contribution in [0.2, 0.25) is 0 Å². The van der Waals surface area contributed by atoms with E-state index >= 15 is 0 Å². The summed E-state index contributed by atoms with van der Waals surface area (Å²) in [5.41, 5.74) is 2.33. The molecule has 0 N–H and O–H groups in total. The van der Waals surface area contributed by atoms with Crippen LogP contribution < -0.4 is 0 Å². The Hall–Kier alpha value is -1.28. The second kappa shape index (κ2) is 5.87. The average Bonchev–Trinajstić information content (AvgIpc) is 2.78. The molecular weight excluding hydrogens is 210 g/mol. The van der Waals surface area contributed by atoms with Crippen molar-refractivity contribution in [1.29, 1.82) is 0 Å². The van der Waals surface area contributed by atoms with Gasteiger partial charge >= 0.3 is 0 Å². The molecule has 0 atom stereocenters. The molecule has 1 aromatic heterocycles. The summed E-state index contributed by atoms with van der Waals surface area (Å²) < 4.78 is 5.56. The number of para-hydroxylation sites is 1. The van der Waals surface area contributed by atoms with Gasteiger partial charge in [0, 0.05) is 11.9 Å². The monoisotopic (exact) mass is 231 g/mol. The predicted molar refractivity (Wildman–Crippen MR) is 72.3 cm³/mol. The van der Waals surface area contributed by atoms with E-state index in [1.54, 1.807) is 0 Å². The van der Waals surface area contributed by atoms with Crippen molar-refractivity contribution in [2.24, 2.45) is 0 Å². The van der Waals surface area contributed by atoms with Crippen LogP contribution in [-0.4, -0.2) is 24.5 Å². The molecule has 0 aliphatic heterocycles. The lowest BCUT2D eigenvalue weighted by molar-refractivity contribution is 0.292. The first-order valence-corrected chi connectivity index (χ1v) is 6.52. The molecule has 0 saturated heterocycles. The van der Waals surface area contributed by atoms with Gasteiger partial charge in [-0.15, -0.1) is 0 Å². The van der Waals surface area contributed by atoms with Gasteiger partial charge in [0.1, 0.15) is 5.58 Å². The smallest absolute Gasteiger partial charge is 0.134 e. The third-order valence-corrected chi connectivity index (χ3v) is 3.25. The van der Waals surface area contributed by atoms with Crippen LogP contribution in [0.15, 0.2) is 34.9 Å². The maximum Gasteiger partial charge on any atom is 0.134 e. The van der Waals surface area contributed by atoms with Crippen LogP contribution in [0.1, 0.15) is 25.8 Å². The van der Waals surface area contributed by atoms with Gasteiger partial charge in [0.25, 0.3) is 0 Å². The van der Waals surface area contributed by atoms with Gasteiger partial charge in [-0.1, -0.05) is 32.0 Å². The SMILES string of the molecule is CCCN(CC)CCc1coc2ccccc12. The zero-order chi connectivity index (χ0) is 12.1. The summed E-state index contributed by atoms with van der Waals surface area (Å²) in [5.74, 6) is 0. The minimum Gasteiger partial charge on any atom is -0.464 e. The second-order valence-electron chi connectivity index (χ2n) is 4.44. The highest BCUT2D eigenvalue weighted by Gasteiger charge is 2.07. The first-order valence-electron chi connectivity index (χ1n) is 6.52. The van der Waals surface area contributed by atoms with Crippen LogP contribution in [0.5, 0.6) is 0 Å². The van der Waals surface area contributed by atoms with Crippen LogP contribution in [0.4, 0.5) is 0 Å². The quantitative estimate of drug-likeness (QED) is 0.753. The van der Waals surface area contributed by atoms with E-state index in [-0.39, 0.29) is 0 Å². The third-order valence-electron chi connectivity index (χ3n) is 3.25. The lowest BCUT2D eigenvalue weighted by Gasteiger charge is -2.18. The molecule has 1 heterocycles. The highest BCUT2D eigenvalue weighted by Crippen LogP contribution is 2.21. The van der Waals surface area contributed by atoms with Gasteiger partial charge in [-0.05, 0) is 37.6 Å². The van der Waals surface area contributed by atoms with E-state index in [9.17, 15) is 0 Å². The number of furan rings is 1. The van der Waals surface area contributed by atoms with Crippen molar-refractivity contribution in [1.82, 2.24) is 4.90 Å². The van der Waals surface area contributed by atoms with E-state index in [0.717, 1.165) is 25.1 Å². The molecule has 0 saturated carbocycles. The summed E-state index contributed by atoms with van der Waals surface area (Å²) in [5, 5.41) is 1.26. The highest BCUT2D eigenvalue weighted by molar-refractivity contribution is 5.80. The number of rotatable bonds is 6. The van der Waals surface area contributed by atoms with Gasteiger partial charge in [0.2, 0.25) is 0 Å². The zero-order valence-electron chi connectivity index (χ0n) is 10.8. The lowest BCUT2D eigenvalue weighted by Crippen LogP contribution is -2.26. The summed E-state index contributed by atoms with van der Waals surface area (Å²) in [6, 6.07) is 8.27. The Bertz CT molecular complexity index is 461. The summed E-state index contributed by atoms with van der Waals surface area (Å²) >= 11 is 0. The normalized spacial score (nSPS) is 11.5. The number of nitrogens with zero attached hydrogens (tertiary/aromatic N) is 1. The minimum absolute atomic E-state index is 1.00. The first kappa shape index (κ1) is 12.2. The molecular formula is C15H21NO. The van der Waals surface area contributed by atoms with Gasteiger partial charge in [-0.25, -0.2) is 0 Å². The second-order valence-corrected chi connectivity index (χ2v) is 4.44. The zero-order valence-corrected chi connectivity index (χ0v) is 10.8. The molecule has 2 aromatic rings. The topological polar surface area (TPSA) is 16.4 Å².